The van der Waals surface area contributed by atoms with Crippen LogP contribution in [0.2, 0.25) is 0 Å². The van der Waals surface area contributed by atoms with Gasteiger partial charge in [0.05, 0.1) is 0 Å². The van der Waals surface area contributed by atoms with Crippen molar-refractivity contribution in [2.75, 3.05) is 0 Å². The van der Waals surface area contributed by atoms with Gasteiger partial charge in [0.1, 0.15) is 0 Å². The largest absolute Gasteiger partial charge is 0.343 e. The van der Waals surface area contributed by atoms with Crippen LogP contribution in [0.1, 0.15) is 22.3 Å². The van der Waals surface area contributed by atoms with Gasteiger partial charge in [0.25, 0.3) is 0 Å². The number of fused-ring (bicyclic) bond motifs is 4. The molecule has 0 saturated carbocycles. The van der Waals surface area contributed by atoms with Gasteiger partial charge in [0.15, 0.2) is 0 Å². The number of hydrogen-bond donors (Lipinski definition) is 0. The van der Waals surface area contributed by atoms with Gasteiger partial charge in [-0.1, -0.05) is 48.5 Å². The van der Waals surface area contributed by atoms with Gasteiger partial charge in [-0.2, -0.15) is 0 Å². The van der Waals surface area contributed by atoms with E-state index < -0.39 is 0 Å². The summed E-state index contributed by atoms with van der Waals surface area (Å²) < 4.78 is 0. The van der Waals surface area contributed by atoms with Crippen molar-refractivity contribution in [2.24, 2.45) is 0 Å². The summed E-state index contributed by atoms with van der Waals surface area (Å²) in [4.78, 5) is 2.32. The molecule has 0 unspecified atom stereocenters. The Balaban J connectivity index is 1.95. The van der Waals surface area contributed by atoms with Gasteiger partial charge in [0, 0.05) is 24.0 Å². The molecule has 0 amide bonds. The third kappa shape index (κ3) is 1.34. The Hall–Kier alpha value is -2.28. The lowest BCUT2D eigenvalue weighted by Gasteiger charge is -2.32. The topological polar surface area (TPSA) is 3.24 Å². The second-order valence-corrected chi connectivity index (χ2v) is 4.76. The normalized spacial score (nSPS) is 15.6. The molecule has 0 aliphatic carbocycles. The predicted octanol–water partition coefficient (Wildman–Crippen LogP) is 3.98. The quantitative estimate of drug-likeness (QED) is 0.662. The second kappa shape index (κ2) is 3.61. The summed E-state index contributed by atoms with van der Waals surface area (Å²) in [6, 6.07) is 17.2. The van der Waals surface area contributed by atoms with Crippen LogP contribution in [0.25, 0.3) is 17.8 Å². The van der Waals surface area contributed by atoms with E-state index in [1.807, 2.05) is 0 Å². The first-order valence-electron chi connectivity index (χ1n) is 6.26. The van der Waals surface area contributed by atoms with Crippen molar-refractivity contribution in [3.05, 3.63) is 77.0 Å². The molecular formula is C17H13N. The fourth-order valence-corrected chi connectivity index (χ4v) is 2.73. The van der Waals surface area contributed by atoms with Crippen LogP contribution in [-0.4, -0.2) is 4.90 Å². The van der Waals surface area contributed by atoms with Crippen LogP contribution in [0, 0.1) is 0 Å². The highest BCUT2D eigenvalue weighted by atomic mass is 15.1. The molecule has 0 spiro atoms. The van der Waals surface area contributed by atoms with Crippen molar-refractivity contribution in [1.82, 2.24) is 4.90 Å². The zero-order valence-corrected chi connectivity index (χ0v) is 10.0. The van der Waals surface area contributed by atoms with E-state index in [1.54, 1.807) is 0 Å². The van der Waals surface area contributed by atoms with Gasteiger partial charge in [0.2, 0.25) is 0 Å². The molecule has 18 heavy (non-hydrogen) atoms. The van der Waals surface area contributed by atoms with Crippen LogP contribution in [0.3, 0.4) is 0 Å². The Kier molecular flexibility index (Phi) is 1.95. The molecule has 1 nitrogen and oxygen atoms in total. The van der Waals surface area contributed by atoms with Crippen LogP contribution >= 0.6 is 0 Å². The first kappa shape index (κ1) is 9.72. The van der Waals surface area contributed by atoms with Crippen molar-refractivity contribution in [3.63, 3.8) is 0 Å². The van der Waals surface area contributed by atoms with Gasteiger partial charge < -0.3 is 4.90 Å². The van der Waals surface area contributed by atoms with E-state index in [1.165, 1.54) is 28.0 Å². The maximum Gasteiger partial charge on any atom is 0.0495 e. The van der Waals surface area contributed by atoms with Gasteiger partial charge in [-0.15, -0.1) is 0 Å². The molecule has 0 N–H and O–H groups in total. The van der Waals surface area contributed by atoms with Gasteiger partial charge >= 0.3 is 0 Å². The van der Waals surface area contributed by atoms with Crippen molar-refractivity contribution >= 4 is 17.8 Å². The summed E-state index contributed by atoms with van der Waals surface area (Å²) in [5.74, 6) is 0. The fourth-order valence-electron chi connectivity index (χ4n) is 2.73. The monoisotopic (exact) mass is 231 g/mol. The molecule has 0 aromatic heterocycles. The second-order valence-electron chi connectivity index (χ2n) is 4.76. The van der Waals surface area contributed by atoms with E-state index in [4.69, 9.17) is 0 Å². The minimum Gasteiger partial charge on any atom is -0.343 e. The molecule has 0 radical (unpaired) electrons. The third-order valence-electron chi connectivity index (χ3n) is 3.67. The average molecular weight is 231 g/mol. The summed E-state index contributed by atoms with van der Waals surface area (Å²) in [5, 5.41) is 0. The van der Waals surface area contributed by atoms with Crippen LogP contribution in [0.5, 0.6) is 0 Å². The molecule has 2 aliphatic heterocycles. The summed E-state index contributed by atoms with van der Waals surface area (Å²) >= 11 is 0. The maximum absolute atomic E-state index is 2.32. The van der Waals surface area contributed by atoms with Gasteiger partial charge in [-0.3, -0.25) is 0 Å². The average Bonchev–Trinajstić information content (AvgIpc) is 2.45. The fraction of sp³-hybridized carbons (Fsp3) is 0.0588. The lowest BCUT2D eigenvalue weighted by Crippen LogP contribution is -2.21. The van der Waals surface area contributed by atoms with Gasteiger partial charge in [-0.25, -0.2) is 0 Å². The zero-order chi connectivity index (χ0) is 11.9. The molecule has 0 atom stereocenters. The Morgan fingerprint density at radius 3 is 2.56 bits per heavy atom. The minimum absolute atomic E-state index is 0.965. The van der Waals surface area contributed by atoms with E-state index >= 15 is 0 Å². The van der Waals surface area contributed by atoms with Gasteiger partial charge in [-0.05, 0) is 28.8 Å². The van der Waals surface area contributed by atoms with Crippen molar-refractivity contribution in [1.29, 1.82) is 0 Å². The van der Waals surface area contributed by atoms with Crippen molar-refractivity contribution in [3.8, 4) is 0 Å². The molecule has 2 aliphatic rings. The Labute approximate surface area is 107 Å². The first-order chi connectivity index (χ1) is 8.92. The van der Waals surface area contributed by atoms with E-state index in [9.17, 15) is 0 Å². The van der Waals surface area contributed by atoms with Crippen LogP contribution in [-0.2, 0) is 6.54 Å². The molecule has 0 fully saturated rings. The molecule has 0 bridgehead atoms. The lowest BCUT2D eigenvalue weighted by molar-refractivity contribution is 0.522. The van der Waals surface area contributed by atoms with E-state index in [2.05, 4.69) is 71.8 Å². The highest BCUT2D eigenvalue weighted by molar-refractivity contribution is 5.89. The highest BCUT2D eigenvalue weighted by Gasteiger charge is 2.21. The predicted molar refractivity (Wildman–Crippen MR) is 75.3 cm³/mol. The molecule has 2 aromatic carbocycles. The van der Waals surface area contributed by atoms with Crippen LogP contribution < -0.4 is 0 Å². The molecule has 4 rings (SSSR count). The molecular weight excluding hydrogens is 218 g/mol. The minimum atomic E-state index is 0.965. The molecule has 1 heteroatoms. The lowest BCUT2D eigenvalue weighted by atomic mass is 9.94. The Morgan fingerprint density at radius 2 is 1.61 bits per heavy atom. The SMILES string of the molecule is C1=CN2Cc3ccccc3C=C2c2ccccc21. The third-order valence-corrected chi connectivity index (χ3v) is 3.67. The van der Waals surface area contributed by atoms with E-state index in [0.717, 1.165) is 6.54 Å². The zero-order valence-electron chi connectivity index (χ0n) is 10.0. The molecule has 2 heterocycles. The van der Waals surface area contributed by atoms with Crippen molar-refractivity contribution < 1.29 is 0 Å². The number of rotatable bonds is 0. The summed E-state index contributed by atoms with van der Waals surface area (Å²) in [6.07, 6.45) is 6.67. The Bertz CT molecular complexity index is 680. The number of hydrogen-bond acceptors (Lipinski definition) is 1. The number of benzene rings is 2. The summed E-state index contributed by atoms with van der Waals surface area (Å²) in [5.41, 5.74) is 6.68. The molecule has 0 saturated heterocycles. The van der Waals surface area contributed by atoms with E-state index in [0.29, 0.717) is 0 Å². The smallest absolute Gasteiger partial charge is 0.0495 e. The maximum atomic E-state index is 2.32. The molecule has 2 aromatic rings. The summed E-state index contributed by atoms with van der Waals surface area (Å²) in [7, 11) is 0. The van der Waals surface area contributed by atoms with E-state index in [-0.39, 0.29) is 0 Å². The number of nitrogens with zero attached hydrogens (tertiary/aromatic N) is 1. The van der Waals surface area contributed by atoms with Crippen molar-refractivity contribution in [2.45, 2.75) is 6.54 Å². The Morgan fingerprint density at radius 1 is 0.833 bits per heavy atom. The van der Waals surface area contributed by atoms with Crippen LogP contribution in [0.4, 0.5) is 0 Å². The molecule has 86 valence electrons. The van der Waals surface area contributed by atoms with Crippen LogP contribution in [0.15, 0.2) is 54.7 Å². The summed E-state index contributed by atoms with van der Waals surface area (Å²) in [6.45, 7) is 0.965. The standard InChI is InChI=1S/C17H13N/c1-2-7-15-12-18-10-9-13-5-3-4-8-16(13)17(18)11-14(15)6-1/h1-11H,12H2. The first-order valence-corrected chi connectivity index (χ1v) is 6.26. The highest BCUT2D eigenvalue weighted by Crippen LogP contribution is 2.35.